The molecule has 0 atom stereocenters. The molecular weight excluding hydrogens is 324 g/mol. The summed E-state index contributed by atoms with van der Waals surface area (Å²) in [6, 6.07) is 11.5. The summed E-state index contributed by atoms with van der Waals surface area (Å²) in [6.07, 6.45) is 3.91. The van der Waals surface area contributed by atoms with Crippen molar-refractivity contribution in [3.05, 3.63) is 59.5 Å². The summed E-state index contributed by atoms with van der Waals surface area (Å²) in [5.41, 5.74) is 8.77. The van der Waals surface area contributed by atoms with E-state index in [-0.39, 0.29) is 0 Å². The van der Waals surface area contributed by atoms with Crippen LogP contribution in [0, 0.1) is 0 Å². The zero-order valence-electron chi connectivity index (χ0n) is 13.1. The maximum atomic E-state index is 6.20. The Kier molecular flexibility index (Phi) is 4.77. The molecule has 6 nitrogen and oxygen atoms in total. The lowest BCUT2D eigenvalue weighted by Crippen LogP contribution is -2.06. The van der Waals surface area contributed by atoms with Crippen molar-refractivity contribution in [2.24, 2.45) is 0 Å². The van der Waals surface area contributed by atoms with Crippen LogP contribution in [0.25, 0.3) is 0 Å². The first-order valence-corrected chi connectivity index (χ1v) is 7.89. The molecule has 0 saturated heterocycles. The van der Waals surface area contributed by atoms with Crippen LogP contribution in [0.4, 0.5) is 28.8 Å². The molecule has 0 saturated carbocycles. The van der Waals surface area contributed by atoms with E-state index in [0.29, 0.717) is 28.2 Å². The van der Waals surface area contributed by atoms with Crippen LogP contribution in [0.1, 0.15) is 12.5 Å². The maximum absolute atomic E-state index is 6.20. The summed E-state index contributed by atoms with van der Waals surface area (Å²) in [5, 5.41) is 6.90. The van der Waals surface area contributed by atoms with Gasteiger partial charge >= 0.3 is 0 Å². The number of rotatable bonds is 5. The molecule has 0 amide bonds. The van der Waals surface area contributed by atoms with Gasteiger partial charge in [-0.05, 0) is 30.2 Å². The van der Waals surface area contributed by atoms with E-state index in [9.17, 15) is 0 Å². The molecule has 0 unspecified atom stereocenters. The van der Waals surface area contributed by atoms with Crippen molar-refractivity contribution in [2.75, 3.05) is 16.4 Å². The predicted molar refractivity (Wildman–Crippen MR) is 98.1 cm³/mol. The fourth-order valence-electron chi connectivity index (χ4n) is 2.24. The third-order valence-corrected chi connectivity index (χ3v) is 3.73. The summed E-state index contributed by atoms with van der Waals surface area (Å²) in [5.74, 6) is 1.63. The Morgan fingerprint density at radius 3 is 2.46 bits per heavy atom. The number of halogens is 1. The molecule has 0 aliphatic heterocycles. The van der Waals surface area contributed by atoms with Gasteiger partial charge < -0.3 is 16.4 Å². The summed E-state index contributed by atoms with van der Waals surface area (Å²) < 4.78 is 0. The highest BCUT2D eigenvalue weighted by Crippen LogP contribution is 2.29. The molecule has 7 heteroatoms. The standard InChI is InChI=1S/C17H17ClN6/c1-2-11-5-3-4-6-13(11)23-16-15(19)17(22-10-21-16)24-14-8-7-12(18)9-20-14/h3-10H,2,19H2,1H3,(H2,20,21,22,23,24). The second-order valence-electron chi connectivity index (χ2n) is 5.11. The number of nitrogens with zero attached hydrogens (tertiary/aromatic N) is 3. The summed E-state index contributed by atoms with van der Waals surface area (Å²) in [6.45, 7) is 2.10. The summed E-state index contributed by atoms with van der Waals surface area (Å²) in [7, 11) is 0. The highest BCUT2D eigenvalue weighted by molar-refractivity contribution is 6.30. The van der Waals surface area contributed by atoms with Crippen molar-refractivity contribution >= 4 is 40.4 Å². The Hall–Kier alpha value is -2.86. The molecule has 0 spiro atoms. The monoisotopic (exact) mass is 340 g/mol. The first-order chi connectivity index (χ1) is 11.7. The fourth-order valence-corrected chi connectivity index (χ4v) is 2.36. The first kappa shape index (κ1) is 16.0. The number of hydrogen-bond donors (Lipinski definition) is 3. The summed E-state index contributed by atoms with van der Waals surface area (Å²) >= 11 is 5.84. The average molecular weight is 341 g/mol. The van der Waals surface area contributed by atoms with Gasteiger partial charge in [-0.25, -0.2) is 15.0 Å². The normalized spacial score (nSPS) is 10.4. The van der Waals surface area contributed by atoms with E-state index in [1.807, 2.05) is 18.2 Å². The smallest absolute Gasteiger partial charge is 0.160 e. The van der Waals surface area contributed by atoms with E-state index in [0.717, 1.165) is 12.1 Å². The molecule has 0 aliphatic rings. The van der Waals surface area contributed by atoms with Crippen LogP contribution in [0.5, 0.6) is 0 Å². The van der Waals surface area contributed by atoms with Crippen LogP contribution in [0.3, 0.4) is 0 Å². The zero-order valence-corrected chi connectivity index (χ0v) is 13.9. The number of pyridine rings is 1. The molecule has 0 aliphatic carbocycles. The van der Waals surface area contributed by atoms with Crippen LogP contribution >= 0.6 is 11.6 Å². The second-order valence-corrected chi connectivity index (χ2v) is 5.54. The van der Waals surface area contributed by atoms with Crippen molar-refractivity contribution in [3.63, 3.8) is 0 Å². The van der Waals surface area contributed by atoms with Gasteiger partial charge in [0, 0.05) is 11.9 Å². The zero-order chi connectivity index (χ0) is 16.9. The van der Waals surface area contributed by atoms with Crippen LogP contribution < -0.4 is 16.4 Å². The molecular formula is C17H17ClN6. The van der Waals surface area contributed by atoms with Crippen molar-refractivity contribution in [2.45, 2.75) is 13.3 Å². The molecule has 2 heterocycles. The highest BCUT2D eigenvalue weighted by atomic mass is 35.5. The van der Waals surface area contributed by atoms with Gasteiger partial charge in [0.05, 0.1) is 5.02 Å². The molecule has 0 fully saturated rings. The van der Waals surface area contributed by atoms with Gasteiger partial charge in [0.1, 0.15) is 17.8 Å². The number of aryl methyl sites for hydroxylation is 1. The molecule has 0 bridgehead atoms. The second kappa shape index (κ2) is 7.14. The molecule has 0 radical (unpaired) electrons. The van der Waals surface area contributed by atoms with Crippen LogP contribution in [-0.4, -0.2) is 15.0 Å². The predicted octanol–water partition coefficient (Wildman–Crippen LogP) is 4.16. The Labute approximate surface area is 145 Å². The molecule has 3 rings (SSSR count). The molecule has 24 heavy (non-hydrogen) atoms. The van der Waals surface area contributed by atoms with Gasteiger partial charge in [-0.2, -0.15) is 0 Å². The third kappa shape index (κ3) is 3.55. The number of para-hydroxylation sites is 1. The van der Waals surface area contributed by atoms with E-state index in [2.05, 4.69) is 38.6 Å². The Balaban J connectivity index is 1.86. The number of benzene rings is 1. The number of nitrogen functional groups attached to an aromatic ring is 1. The lowest BCUT2D eigenvalue weighted by atomic mass is 10.1. The van der Waals surface area contributed by atoms with E-state index in [1.165, 1.54) is 11.9 Å². The van der Waals surface area contributed by atoms with E-state index in [4.69, 9.17) is 17.3 Å². The SMILES string of the molecule is CCc1ccccc1Nc1ncnc(Nc2ccc(Cl)cn2)c1N. The van der Waals surface area contributed by atoms with E-state index in [1.54, 1.807) is 18.3 Å². The van der Waals surface area contributed by atoms with Crippen LogP contribution in [-0.2, 0) is 6.42 Å². The van der Waals surface area contributed by atoms with Crippen molar-refractivity contribution in [1.29, 1.82) is 0 Å². The number of hydrogen-bond acceptors (Lipinski definition) is 6. The van der Waals surface area contributed by atoms with Crippen molar-refractivity contribution < 1.29 is 0 Å². The Bertz CT molecular complexity index is 835. The molecule has 4 N–H and O–H groups in total. The van der Waals surface area contributed by atoms with Crippen molar-refractivity contribution in [1.82, 2.24) is 15.0 Å². The number of anilines is 5. The van der Waals surface area contributed by atoms with E-state index >= 15 is 0 Å². The minimum Gasteiger partial charge on any atom is -0.393 e. The highest BCUT2D eigenvalue weighted by Gasteiger charge is 2.10. The van der Waals surface area contributed by atoms with E-state index < -0.39 is 0 Å². The topological polar surface area (TPSA) is 88.8 Å². The Morgan fingerprint density at radius 2 is 1.75 bits per heavy atom. The molecule has 2 aromatic heterocycles. The first-order valence-electron chi connectivity index (χ1n) is 7.51. The quantitative estimate of drug-likeness (QED) is 0.646. The summed E-state index contributed by atoms with van der Waals surface area (Å²) in [4.78, 5) is 12.6. The van der Waals surface area contributed by atoms with Gasteiger partial charge in [-0.15, -0.1) is 0 Å². The fraction of sp³-hybridized carbons (Fsp3) is 0.118. The minimum absolute atomic E-state index is 0.417. The number of nitrogens with one attached hydrogen (secondary N) is 2. The van der Waals surface area contributed by atoms with Gasteiger partial charge in [-0.1, -0.05) is 36.7 Å². The van der Waals surface area contributed by atoms with Crippen LogP contribution in [0.15, 0.2) is 48.9 Å². The Morgan fingerprint density at radius 1 is 1.00 bits per heavy atom. The number of nitrogens with two attached hydrogens (primary N) is 1. The van der Waals surface area contributed by atoms with Gasteiger partial charge in [0.25, 0.3) is 0 Å². The average Bonchev–Trinajstić information content (AvgIpc) is 2.61. The molecule has 1 aromatic carbocycles. The molecule has 122 valence electrons. The van der Waals surface area contributed by atoms with Gasteiger partial charge in [0.15, 0.2) is 11.6 Å². The lowest BCUT2D eigenvalue weighted by molar-refractivity contribution is 1.13. The minimum atomic E-state index is 0.417. The maximum Gasteiger partial charge on any atom is 0.160 e. The number of aromatic nitrogens is 3. The van der Waals surface area contributed by atoms with Crippen molar-refractivity contribution in [3.8, 4) is 0 Å². The van der Waals surface area contributed by atoms with Gasteiger partial charge in [0.2, 0.25) is 0 Å². The molecule has 3 aromatic rings. The van der Waals surface area contributed by atoms with Crippen LogP contribution in [0.2, 0.25) is 5.02 Å². The van der Waals surface area contributed by atoms with Gasteiger partial charge in [-0.3, -0.25) is 0 Å². The lowest BCUT2D eigenvalue weighted by Gasteiger charge is -2.14. The largest absolute Gasteiger partial charge is 0.393 e. The third-order valence-electron chi connectivity index (χ3n) is 3.51.